The van der Waals surface area contributed by atoms with Gasteiger partial charge in [0.05, 0.1) is 29.4 Å². The summed E-state index contributed by atoms with van der Waals surface area (Å²) in [5, 5.41) is 14.9. The van der Waals surface area contributed by atoms with Crippen LogP contribution in [0.15, 0.2) is 36.4 Å². The number of hydrogen-bond donors (Lipinski definition) is 4. The normalized spacial score (nSPS) is 12.2. The molecule has 42 heavy (non-hydrogen) atoms. The average molecular weight is 609 g/mol. The van der Waals surface area contributed by atoms with Crippen molar-refractivity contribution in [3.05, 3.63) is 58.9 Å². The second kappa shape index (κ2) is 13.8. The summed E-state index contributed by atoms with van der Waals surface area (Å²) >= 11 is 0. The van der Waals surface area contributed by atoms with Crippen LogP contribution >= 0.6 is 0 Å². The van der Waals surface area contributed by atoms with Crippen molar-refractivity contribution in [3.8, 4) is 5.75 Å². The van der Waals surface area contributed by atoms with Crippen LogP contribution < -0.4 is 20.7 Å². The number of hydrogen-bond acceptors (Lipinski definition) is 6. The van der Waals surface area contributed by atoms with E-state index in [1.165, 1.54) is 19.1 Å². The van der Waals surface area contributed by atoms with Gasteiger partial charge < -0.3 is 25.8 Å². The fraction of sp³-hybridized carbons (Fsp3) is 0.320. The lowest BCUT2D eigenvalue weighted by Crippen LogP contribution is -2.48. The highest BCUT2D eigenvalue weighted by Gasteiger charge is 2.37. The van der Waals surface area contributed by atoms with Crippen molar-refractivity contribution in [2.24, 2.45) is 0 Å². The summed E-state index contributed by atoms with van der Waals surface area (Å²) in [6.45, 7) is -0.646. The number of carbonyl (C=O) groups is 5. The van der Waals surface area contributed by atoms with Crippen molar-refractivity contribution >= 4 is 35.2 Å². The number of ether oxygens (including phenoxy) is 1. The van der Waals surface area contributed by atoms with E-state index in [2.05, 4.69) is 0 Å². The van der Waals surface area contributed by atoms with Gasteiger partial charge in [-0.1, -0.05) is 12.1 Å². The van der Waals surface area contributed by atoms with Gasteiger partial charge >= 0.3 is 30.1 Å². The number of aliphatic carboxylic acids is 1. The zero-order chi connectivity index (χ0) is 31.8. The van der Waals surface area contributed by atoms with Crippen LogP contribution in [0.1, 0.15) is 29.5 Å². The van der Waals surface area contributed by atoms with Crippen LogP contribution in [0.5, 0.6) is 5.75 Å². The number of amides is 3. The van der Waals surface area contributed by atoms with Gasteiger partial charge in [-0.2, -0.15) is 26.3 Å². The Kier molecular flexibility index (Phi) is 11.0. The summed E-state index contributed by atoms with van der Waals surface area (Å²) in [4.78, 5) is 59.8. The second-order valence-corrected chi connectivity index (χ2v) is 8.62. The molecule has 0 saturated heterocycles. The number of benzene rings is 2. The predicted molar refractivity (Wildman–Crippen MR) is 129 cm³/mol. The first-order valence-corrected chi connectivity index (χ1v) is 11.7. The number of carboxylic acids is 1. The number of para-hydroxylation sites is 1. The first-order chi connectivity index (χ1) is 19.4. The highest BCUT2D eigenvalue weighted by atomic mass is 19.4. The van der Waals surface area contributed by atoms with Crippen molar-refractivity contribution in [2.45, 2.75) is 38.2 Å². The van der Waals surface area contributed by atoms with E-state index >= 15 is 0 Å². The molecule has 0 bridgehead atoms. The van der Waals surface area contributed by atoms with Gasteiger partial charge in [0, 0.05) is 6.42 Å². The number of carbonyl (C=O) groups excluding carboxylic acids is 4. The van der Waals surface area contributed by atoms with Crippen molar-refractivity contribution < 1.29 is 64.5 Å². The van der Waals surface area contributed by atoms with E-state index in [9.17, 15) is 54.7 Å². The molecule has 10 nitrogen and oxygen atoms in total. The van der Waals surface area contributed by atoms with Crippen LogP contribution in [-0.4, -0.2) is 53.8 Å². The van der Waals surface area contributed by atoms with Crippen LogP contribution in [0.3, 0.4) is 0 Å². The molecule has 1 atom stereocenters. The highest BCUT2D eigenvalue weighted by molar-refractivity contribution is 6.40. The van der Waals surface area contributed by atoms with Crippen molar-refractivity contribution in [3.63, 3.8) is 0 Å². The lowest BCUT2D eigenvalue weighted by atomic mass is 10.1. The van der Waals surface area contributed by atoms with E-state index in [1.807, 2.05) is 16.0 Å². The van der Waals surface area contributed by atoms with E-state index in [-0.39, 0.29) is 29.4 Å². The van der Waals surface area contributed by atoms with Crippen LogP contribution in [0.2, 0.25) is 0 Å². The Hall–Kier alpha value is -4.70. The minimum Gasteiger partial charge on any atom is -0.486 e. The van der Waals surface area contributed by atoms with E-state index in [0.717, 1.165) is 6.07 Å². The van der Waals surface area contributed by atoms with Crippen LogP contribution in [-0.2, 0) is 36.3 Å². The van der Waals surface area contributed by atoms with E-state index in [0.29, 0.717) is 0 Å². The third-order valence-electron chi connectivity index (χ3n) is 5.39. The molecule has 0 aliphatic carbocycles. The van der Waals surface area contributed by atoms with Gasteiger partial charge in [0.15, 0.2) is 5.78 Å². The minimum atomic E-state index is -5.18. The monoisotopic (exact) mass is 609 g/mol. The molecule has 0 unspecified atom stereocenters. The van der Waals surface area contributed by atoms with Crippen molar-refractivity contribution in [1.29, 1.82) is 0 Å². The van der Waals surface area contributed by atoms with Crippen LogP contribution in [0.25, 0.3) is 0 Å². The van der Waals surface area contributed by atoms with Gasteiger partial charge in [0.1, 0.15) is 18.2 Å². The zero-order valence-corrected chi connectivity index (χ0v) is 21.4. The number of alkyl halides is 6. The number of rotatable bonds is 11. The van der Waals surface area contributed by atoms with Gasteiger partial charge in [-0.15, -0.1) is 0 Å². The smallest absolute Gasteiger partial charge is 0.416 e. The molecule has 0 radical (unpaired) electrons. The largest absolute Gasteiger partial charge is 0.486 e. The minimum absolute atomic E-state index is 0.156. The molecule has 0 aromatic heterocycles. The van der Waals surface area contributed by atoms with E-state index < -0.39 is 96.6 Å². The topological polar surface area (TPSA) is 151 Å². The van der Waals surface area contributed by atoms with Gasteiger partial charge in [-0.25, -0.2) is 4.39 Å². The zero-order valence-electron chi connectivity index (χ0n) is 21.4. The molecule has 0 fully saturated rings. The molecule has 17 heteroatoms. The number of anilines is 1. The molecule has 0 saturated carbocycles. The predicted octanol–water partition coefficient (Wildman–Crippen LogP) is 3.22. The Balaban J connectivity index is 2.06. The molecule has 4 N–H and O–H groups in total. The summed E-state index contributed by atoms with van der Waals surface area (Å²) in [5.74, 6) is -8.20. The van der Waals surface area contributed by atoms with Crippen LogP contribution in [0.4, 0.5) is 36.4 Å². The fourth-order valence-electron chi connectivity index (χ4n) is 3.29. The molecule has 2 aromatic carbocycles. The molecular weight excluding hydrogens is 587 g/mol. The Morgan fingerprint density at radius 1 is 0.929 bits per heavy atom. The number of nitrogens with one attached hydrogen (secondary N) is 3. The first kappa shape index (κ1) is 33.5. The Labute approximate surface area is 232 Å². The molecule has 3 amide bonds. The van der Waals surface area contributed by atoms with E-state index in [1.54, 1.807) is 0 Å². The third kappa shape index (κ3) is 10.0. The molecule has 0 aliphatic heterocycles. The summed E-state index contributed by atoms with van der Waals surface area (Å²) in [5.41, 5.74) is -3.42. The van der Waals surface area contributed by atoms with Crippen molar-refractivity contribution in [1.82, 2.24) is 10.6 Å². The molecule has 2 aromatic rings. The fourth-order valence-corrected chi connectivity index (χ4v) is 3.29. The first-order valence-electron chi connectivity index (χ1n) is 11.7. The number of Topliss-reactive ketones (excluding diaryl/α,β-unsaturated/α-hetero) is 1. The Bertz CT molecular complexity index is 1310. The molecule has 0 heterocycles. The molecule has 228 valence electrons. The maximum Gasteiger partial charge on any atom is 0.416 e. The maximum absolute atomic E-state index is 13.9. The van der Waals surface area contributed by atoms with Crippen molar-refractivity contribution in [2.75, 3.05) is 18.5 Å². The summed E-state index contributed by atoms with van der Waals surface area (Å²) in [7, 11) is 0. The quantitative estimate of drug-likeness (QED) is 0.226. The van der Waals surface area contributed by atoms with Gasteiger partial charge in [0.2, 0.25) is 5.91 Å². The highest BCUT2D eigenvalue weighted by Crippen LogP contribution is 2.38. The molecular formula is C25H22F7N3O7. The average Bonchev–Trinajstić information content (AvgIpc) is 2.89. The second-order valence-electron chi connectivity index (χ2n) is 8.62. The SMILES string of the molecule is Cc1cccc(F)c1NC(=O)C(=O)NCC(=O)N[C@@H](CCC(=O)O)C(=O)COc1cc(C(F)(F)F)cc(C(F)(F)F)c1. The van der Waals surface area contributed by atoms with Crippen LogP contribution in [0, 0.1) is 12.7 Å². The van der Waals surface area contributed by atoms with Gasteiger partial charge in [-0.3, -0.25) is 24.0 Å². The van der Waals surface area contributed by atoms with Gasteiger partial charge in [-0.05, 0) is 43.2 Å². The summed E-state index contributed by atoms with van der Waals surface area (Å²) < 4.78 is 96.9. The summed E-state index contributed by atoms with van der Waals surface area (Å²) in [6.07, 6.45) is -11.6. The third-order valence-corrected chi connectivity index (χ3v) is 5.39. The Morgan fingerprint density at radius 3 is 2.05 bits per heavy atom. The molecule has 0 aliphatic rings. The number of halogens is 7. The lowest BCUT2D eigenvalue weighted by Gasteiger charge is -2.18. The molecule has 2 rings (SSSR count). The standard InChI is InChI=1S/C25H22F7N3O7/c1-12-3-2-4-16(26)21(12)35-23(41)22(40)33-10-19(37)34-17(5-6-20(38)39)18(36)11-42-15-8-13(24(27,28)29)7-14(9-15)25(30,31)32/h2-4,7-9,17H,5-6,10-11H2,1H3,(H,33,40)(H,34,37)(H,35,41)(H,38,39)/t17-/m0/s1. The van der Waals surface area contributed by atoms with Gasteiger partial charge in [0.25, 0.3) is 0 Å². The number of ketones is 1. The number of aryl methyl sites for hydroxylation is 1. The number of carboxylic acid groups (broad SMARTS) is 1. The van der Waals surface area contributed by atoms with E-state index in [4.69, 9.17) is 9.84 Å². The molecule has 0 spiro atoms. The summed E-state index contributed by atoms with van der Waals surface area (Å²) in [6, 6.07) is 2.45. The Morgan fingerprint density at radius 2 is 1.52 bits per heavy atom. The lowest BCUT2D eigenvalue weighted by molar-refractivity contribution is -0.143. The maximum atomic E-state index is 13.9.